The highest BCUT2D eigenvalue weighted by atomic mass is 16.6. The van der Waals surface area contributed by atoms with E-state index < -0.39 is 0 Å². The molecule has 0 N–H and O–H groups in total. The highest BCUT2D eigenvalue weighted by molar-refractivity contribution is 5.22. The zero-order valence-electron chi connectivity index (χ0n) is 17.3. The van der Waals surface area contributed by atoms with Crippen molar-refractivity contribution in [2.75, 3.05) is 52.6 Å². The maximum Gasteiger partial charge on any atom is 0.142 e. The van der Waals surface area contributed by atoms with Crippen molar-refractivity contribution in [2.45, 2.75) is 24.7 Å². The Balaban J connectivity index is 1.49. The summed E-state index contributed by atoms with van der Waals surface area (Å²) in [6.45, 7) is 6.30. The number of hydrogen-bond acceptors (Lipinski definition) is 6. The van der Waals surface area contributed by atoms with Crippen LogP contribution in [0.2, 0.25) is 0 Å². The summed E-state index contributed by atoms with van der Waals surface area (Å²) in [5.74, 6) is 0. The Morgan fingerprint density at radius 3 is 1.27 bits per heavy atom. The molecular weight excluding hydrogens is 380 g/mol. The van der Waals surface area contributed by atoms with E-state index in [-0.39, 0.29) is 24.7 Å². The summed E-state index contributed by atoms with van der Waals surface area (Å²) in [5.41, 5.74) is 2.30. The van der Waals surface area contributed by atoms with Gasteiger partial charge in [-0.2, -0.15) is 0 Å². The van der Waals surface area contributed by atoms with Crippen LogP contribution in [0.3, 0.4) is 0 Å². The SMILES string of the molecule is c1ccc([C@H]2O[C@@H](N3CCOCC3)[C@H](c3ccccc3)O[C@@H]2N2CCOCC2)cc1. The van der Waals surface area contributed by atoms with Gasteiger partial charge < -0.3 is 18.9 Å². The molecule has 2 aromatic carbocycles. The number of ether oxygens (including phenoxy) is 4. The van der Waals surface area contributed by atoms with Crippen molar-refractivity contribution < 1.29 is 18.9 Å². The summed E-state index contributed by atoms with van der Waals surface area (Å²) in [5, 5.41) is 0. The van der Waals surface area contributed by atoms with Gasteiger partial charge in [0.2, 0.25) is 0 Å². The number of hydrogen-bond donors (Lipinski definition) is 0. The summed E-state index contributed by atoms with van der Waals surface area (Å²) in [4.78, 5) is 4.74. The predicted molar refractivity (Wildman–Crippen MR) is 113 cm³/mol. The van der Waals surface area contributed by atoms with Crippen LogP contribution in [0.5, 0.6) is 0 Å². The molecule has 0 amide bonds. The van der Waals surface area contributed by atoms with Gasteiger partial charge in [-0.1, -0.05) is 60.7 Å². The Morgan fingerprint density at radius 2 is 0.900 bits per heavy atom. The Bertz CT molecular complexity index is 711. The maximum atomic E-state index is 6.91. The number of nitrogens with zero attached hydrogens (tertiary/aromatic N) is 2. The lowest BCUT2D eigenvalue weighted by molar-refractivity contribution is -0.307. The quantitative estimate of drug-likeness (QED) is 0.772. The van der Waals surface area contributed by atoms with Crippen LogP contribution < -0.4 is 0 Å². The van der Waals surface area contributed by atoms with Crippen LogP contribution in [0.15, 0.2) is 60.7 Å². The normalized spacial score (nSPS) is 31.5. The van der Waals surface area contributed by atoms with E-state index in [9.17, 15) is 0 Å². The van der Waals surface area contributed by atoms with Crippen molar-refractivity contribution in [3.8, 4) is 0 Å². The molecule has 3 fully saturated rings. The topological polar surface area (TPSA) is 43.4 Å². The van der Waals surface area contributed by atoms with Crippen molar-refractivity contribution in [3.63, 3.8) is 0 Å². The third-order valence-corrected chi connectivity index (χ3v) is 6.16. The molecule has 6 heteroatoms. The molecule has 160 valence electrons. The molecule has 0 bridgehead atoms. The number of rotatable bonds is 4. The fourth-order valence-electron chi connectivity index (χ4n) is 4.57. The fourth-order valence-corrected chi connectivity index (χ4v) is 4.57. The summed E-state index contributed by atoms with van der Waals surface area (Å²) in [7, 11) is 0. The van der Waals surface area contributed by atoms with Gasteiger partial charge in [-0.05, 0) is 11.1 Å². The fraction of sp³-hybridized carbons (Fsp3) is 0.500. The molecule has 2 aromatic rings. The second-order valence-corrected chi connectivity index (χ2v) is 8.01. The smallest absolute Gasteiger partial charge is 0.142 e. The third-order valence-electron chi connectivity index (χ3n) is 6.16. The van der Waals surface area contributed by atoms with Crippen LogP contribution >= 0.6 is 0 Å². The van der Waals surface area contributed by atoms with Gasteiger partial charge in [0.25, 0.3) is 0 Å². The van der Waals surface area contributed by atoms with Crippen molar-refractivity contribution >= 4 is 0 Å². The van der Waals surface area contributed by atoms with E-state index in [4.69, 9.17) is 18.9 Å². The standard InChI is InChI=1S/C24H30N2O4/c1-3-7-19(8-4-1)21-23(25-11-15-27-16-12-25)30-22(20-9-5-2-6-10-20)24(29-21)26-13-17-28-18-14-26/h1-10,21-24H,11-18H2/t21-,22+,23+,24-. The van der Waals surface area contributed by atoms with Crippen molar-refractivity contribution in [1.82, 2.24) is 9.80 Å². The maximum absolute atomic E-state index is 6.91. The molecule has 30 heavy (non-hydrogen) atoms. The largest absolute Gasteiger partial charge is 0.379 e. The molecule has 0 saturated carbocycles. The van der Waals surface area contributed by atoms with Gasteiger partial charge in [0, 0.05) is 26.2 Å². The first-order valence-electron chi connectivity index (χ1n) is 10.9. The van der Waals surface area contributed by atoms with E-state index in [1.54, 1.807) is 0 Å². The van der Waals surface area contributed by atoms with E-state index in [0.717, 1.165) is 63.7 Å². The summed E-state index contributed by atoms with van der Waals surface area (Å²) >= 11 is 0. The summed E-state index contributed by atoms with van der Waals surface area (Å²) in [6, 6.07) is 20.9. The Hall–Kier alpha value is -1.80. The Morgan fingerprint density at radius 1 is 0.533 bits per heavy atom. The molecule has 6 nitrogen and oxygen atoms in total. The molecule has 4 atom stereocenters. The van der Waals surface area contributed by atoms with Crippen LogP contribution in [0.4, 0.5) is 0 Å². The van der Waals surface area contributed by atoms with Gasteiger partial charge in [-0.15, -0.1) is 0 Å². The molecular formula is C24H30N2O4. The molecule has 0 spiro atoms. The lowest BCUT2D eigenvalue weighted by atomic mass is 10.0. The minimum atomic E-state index is -0.155. The van der Waals surface area contributed by atoms with E-state index >= 15 is 0 Å². The number of benzene rings is 2. The van der Waals surface area contributed by atoms with E-state index in [2.05, 4.69) is 58.3 Å². The van der Waals surface area contributed by atoms with E-state index in [1.807, 2.05) is 12.1 Å². The predicted octanol–water partition coefficient (Wildman–Crippen LogP) is 2.83. The first-order valence-corrected chi connectivity index (χ1v) is 10.9. The van der Waals surface area contributed by atoms with Crippen LogP contribution in [-0.4, -0.2) is 74.9 Å². The van der Waals surface area contributed by atoms with Gasteiger partial charge >= 0.3 is 0 Å². The lowest BCUT2D eigenvalue weighted by Gasteiger charge is -2.50. The average molecular weight is 411 g/mol. The zero-order chi connectivity index (χ0) is 20.2. The van der Waals surface area contributed by atoms with Gasteiger partial charge in [-0.25, -0.2) is 0 Å². The molecule has 0 unspecified atom stereocenters. The molecule has 3 aliphatic heterocycles. The molecule has 3 saturated heterocycles. The van der Waals surface area contributed by atoms with Gasteiger partial charge in [0.15, 0.2) is 0 Å². The molecule has 3 aliphatic rings. The van der Waals surface area contributed by atoms with Crippen molar-refractivity contribution in [1.29, 1.82) is 0 Å². The number of morpholine rings is 2. The zero-order valence-corrected chi connectivity index (χ0v) is 17.3. The van der Waals surface area contributed by atoms with E-state index in [0.29, 0.717) is 0 Å². The minimum Gasteiger partial charge on any atom is -0.379 e. The minimum absolute atomic E-state index is 0.154. The van der Waals surface area contributed by atoms with Gasteiger partial charge in [0.05, 0.1) is 26.4 Å². The Kier molecular flexibility index (Phi) is 6.41. The third kappa shape index (κ3) is 4.30. The van der Waals surface area contributed by atoms with Crippen molar-refractivity contribution in [2.24, 2.45) is 0 Å². The van der Waals surface area contributed by atoms with E-state index in [1.165, 1.54) is 0 Å². The monoisotopic (exact) mass is 410 g/mol. The van der Waals surface area contributed by atoms with Crippen LogP contribution in [-0.2, 0) is 18.9 Å². The average Bonchev–Trinajstić information content (AvgIpc) is 2.85. The summed E-state index contributed by atoms with van der Waals surface area (Å²) < 4.78 is 25.0. The molecule has 0 radical (unpaired) electrons. The first-order chi connectivity index (χ1) is 14.9. The highest BCUT2D eigenvalue weighted by Crippen LogP contribution is 2.41. The first kappa shape index (κ1) is 20.1. The van der Waals surface area contributed by atoms with Gasteiger partial charge in [-0.3, -0.25) is 9.80 Å². The van der Waals surface area contributed by atoms with Crippen LogP contribution in [0, 0.1) is 0 Å². The highest BCUT2D eigenvalue weighted by Gasteiger charge is 2.45. The molecule has 3 heterocycles. The molecule has 0 aromatic heterocycles. The van der Waals surface area contributed by atoms with Crippen LogP contribution in [0.25, 0.3) is 0 Å². The van der Waals surface area contributed by atoms with Crippen LogP contribution in [0.1, 0.15) is 23.3 Å². The Labute approximate surface area is 178 Å². The second kappa shape index (κ2) is 9.56. The summed E-state index contributed by atoms with van der Waals surface area (Å²) in [6.07, 6.45) is -0.619. The molecule has 0 aliphatic carbocycles. The molecule has 5 rings (SSSR count). The lowest BCUT2D eigenvalue weighted by Crippen LogP contribution is -2.57. The van der Waals surface area contributed by atoms with Gasteiger partial charge in [0.1, 0.15) is 24.7 Å². The van der Waals surface area contributed by atoms with Crippen molar-refractivity contribution in [3.05, 3.63) is 71.8 Å². The second-order valence-electron chi connectivity index (χ2n) is 8.01.